The highest BCUT2D eigenvalue weighted by Crippen LogP contribution is 2.20. The predicted octanol–water partition coefficient (Wildman–Crippen LogP) is 3.60. The second-order valence-corrected chi connectivity index (χ2v) is 5.83. The van der Waals surface area contributed by atoms with Crippen LogP contribution in [0.15, 0.2) is 48.5 Å². The summed E-state index contributed by atoms with van der Waals surface area (Å²) in [5.41, 5.74) is 2.66. The molecule has 0 amide bonds. The number of carbonyl (C=O) groups is 1. The van der Waals surface area contributed by atoms with Crippen molar-refractivity contribution in [2.45, 2.75) is 6.42 Å². The molecule has 0 saturated carbocycles. The Kier molecular flexibility index (Phi) is 3.56. The maximum Gasteiger partial charge on any atom is 0.169 e. The summed E-state index contributed by atoms with van der Waals surface area (Å²) in [7, 11) is 1.91. The highest BCUT2D eigenvalue weighted by Gasteiger charge is 2.15. The van der Waals surface area contributed by atoms with E-state index in [0.29, 0.717) is 6.42 Å². The third kappa shape index (κ3) is 2.35. The van der Waals surface area contributed by atoms with E-state index in [0.717, 1.165) is 25.7 Å². The molecule has 0 aliphatic rings. The van der Waals surface area contributed by atoms with Gasteiger partial charge in [0.15, 0.2) is 5.78 Å². The van der Waals surface area contributed by atoms with Gasteiger partial charge in [0.1, 0.15) is 0 Å². The highest BCUT2D eigenvalue weighted by atomic mass is 127. The van der Waals surface area contributed by atoms with Crippen LogP contribution in [0.3, 0.4) is 0 Å². The van der Waals surface area contributed by atoms with Gasteiger partial charge in [-0.3, -0.25) is 9.48 Å². The topological polar surface area (TPSA) is 34.9 Å². The molecule has 3 rings (SSSR count). The molecule has 0 aliphatic carbocycles. The van der Waals surface area contributed by atoms with Crippen molar-refractivity contribution in [1.82, 2.24) is 9.78 Å². The number of benzene rings is 2. The van der Waals surface area contributed by atoms with Crippen molar-refractivity contribution in [3.8, 4) is 0 Å². The third-order valence-corrected chi connectivity index (χ3v) is 4.28. The van der Waals surface area contributed by atoms with Crippen LogP contribution in [0, 0.1) is 3.57 Å². The zero-order chi connectivity index (χ0) is 14.1. The van der Waals surface area contributed by atoms with E-state index in [-0.39, 0.29) is 5.78 Å². The van der Waals surface area contributed by atoms with E-state index in [1.807, 2.05) is 60.3 Å². The van der Waals surface area contributed by atoms with Crippen molar-refractivity contribution >= 4 is 39.3 Å². The molecule has 0 unspecified atom stereocenters. The number of aryl methyl sites for hydroxylation is 1. The summed E-state index contributed by atoms with van der Waals surface area (Å²) in [5, 5.41) is 5.53. The average molecular weight is 376 g/mol. The van der Waals surface area contributed by atoms with Crippen molar-refractivity contribution in [2.75, 3.05) is 0 Å². The molecule has 0 saturated heterocycles. The first-order valence-electron chi connectivity index (χ1n) is 6.35. The van der Waals surface area contributed by atoms with Gasteiger partial charge in [0.05, 0.1) is 17.6 Å². The molecule has 100 valence electrons. The Labute approximate surface area is 130 Å². The van der Waals surface area contributed by atoms with Crippen molar-refractivity contribution in [2.24, 2.45) is 7.05 Å². The van der Waals surface area contributed by atoms with Gasteiger partial charge in [-0.1, -0.05) is 36.4 Å². The van der Waals surface area contributed by atoms with Crippen LogP contribution in [0.1, 0.15) is 16.1 Å². The summed E-state index contributed by atoms with van der Waals surface area (Å²) in [4.78, 5) is 12.4. The molecule has 0 atom stereocenters. The van der Waals surface area contributed by atoms with Crippen molar-refractivity contribution in [3.63, 3.8) is 0 Å². The van der Waals surface area contributed by atoms with Gasteiger partial charge in [0.25, 0.3) is 0 Å². The smallest absolute Gasteiger partial charge is 0.169 e. The number of carbonyl (C=O) groups excluding carboxylic acids is 1. The highest BCUT2D eigenvalue weighted by molar-refractivity contribution is 14.1. The van der Waals surface area contributed by atoms with Crippen LogP contribution in [-0.2, 0) is 13.5 Å². The number of hydrogen-bond acceptors (Lipinski definition) is 2. The molecule has 0 fully saturated rings. The Balaban J connectivity index is 1.98. The van der Waals surface area contributed by atoms with E-state index in [2.05, 4.69) is 27.7 Å². The molecule has 20 heavy (non-hydrogen) atoms. The lowest BCUT2D eigenvalue weighted by molar-refractivity contribution is 0.0991. The summed E-state index contributed by atoms with van der Waals surface area (Å²) in [6.07, 6.45) is 0.335. The molecule has 0 aliphatic heterocycles. The standard InChI is InChI=1S/C16H13IN2O/c1-19-15-9-5-3-7-12(15)14(18-19)10-16(20)11-6-2-4-8-13(11)17/h2-9H,10H2,1H3. The minimum atomic E-state index is 0.110. The van der Waals surface area contributed by atoms with E-state index in [1.165, 1.54) is 0 Å². The third-order valence-electron chi connectivity index (χ3n) is 3.34. The molecule has 0 radical (unpaired) electrons. The zero-order valence-corrected chi connectivity index (χ0v) is 13.2. The van der Waals surface area contributed by atoms with Crippen LogP contribution in [-0.4, -0.2) is 15.6 Å². The van der Waals surface area contributed by atoms with Crippen LogP contribution in [0.5, 0.6) is 0 Å². The molecule has 1 heterocycles. The van der Waals surface area contributed by atoms with Gasteiger partial charge in [-0.15, -0.1) is 0 Å². The molecule has 3 aromatic rings. The van der Waals surface area contributed by atoms with E-state index in [4.69, 9.17) is 0 Å². The second kappa shape index (κ2) is 5.36. The molecular formula is C16H13IN2O. The van der Waals surface area contributed by atoms with E-state index in [9.17, 15) is 4.79 Å². The Bertz CT molecular complexity index is 792. The predicted molar refractivity (Wildman–Crippen MR) is 87.9 cm³/mol. The van der Waals surface area contributed by atoms with Crippen molar-refractivity contribution in [1.29, 1.82) is 0 Å². The van der Waals surface area contributed by atoms with Gasteiger partial charge < -0.3 is 0 Å². The normalized spacial score (nSPS) is 10.9. The van der Waals surface area contributed by atoms with Crippen LogP contribution in [0.4, 0.5) is 0 Å². The van der Waals surface area contributed by atoms with Crippen molar-refractivity contribution < 1.29 is 4.79 Å². The van der Waals surface area contributed by atoms with Gasteiger partial charge in [-0.2, -0.15) is 5.10 Å². The van der Waals surface area contributed by atoms with Crippen LogP contribution >= 0.6 is 22.6 Å². The summed E-state index contributed by atoms with van der Waals surface area (Å²) in [6.45, 7) is 0. The number of rotatable bonds is 3. The van der Waals surface area contributed by atoms with E-state index in [1.54, 1.807) is 0 Å². The maximum atomic E-state index is 12.4. The average Bonchev–Trinajstić information content (AvgIpc) is 2.76. The first-order valence-corrected chi connectivity index (χ1v) is 7.43. The summed E-state index contributed by atoms with van der Waals surface area (Å²) in [6, 6.07) is 15.6. The fourth-order valence-corrected chi connectivity index (χ4v) is 3.04. The van der Waals surface area contributed by atoms with Gasteiger partial charge >= 0.3 is 0 Å². The molecule has 0 bridgehead atoms. The number of aromatic nitrogens is 2. The number of halogens is 1. The monoisotopic (exact) mass is 376 g/mol. The molecule has 1 aromatic heterocycles. The lowest BCUT2D eigenvalue weighted by atomic mass is 10.0. The minimum absolute atomic E-state index is 0.110. The first kappa shape index (κ1) is 13.3. The maximum absolute atomic E-state index is 12.4. The summed E-state index contributed by atoms with van der Waals surface area (Å²) < 4.78 is 2.81. The zero-order valence-electron chi connectivity index (χ0n) is 11.0. The SMILES string of the molecule is Cn1nc(CC(=O)c2ccccc2I)c2ccccc21. The molecule has 0 N–H and O–H groups in total. The van der Waals surface area contributed by atoms with Crippen LogP contribution in [0.2, 0.25) is 0 Å². The first-order chi connectivity index (χ1) is 9.66. The van der Waals surface area contributed by atoms with E-state index >= 15 is 0 Å². The largest absolute Gasteiger partial charge is 0.294 e. The quantitative estimate of drug-likeness (QED) is 0.517. The number of para-hydroxylation sites is 1. The Morgan fingerprint density at radius 2 is 1.85 bits per heavy atom. The minimum Gasteiger partial charge on any atom is -0.294 e. The Morgan fingerprint density at radius 1 is 1.15 bits per heavy atom. The molecular weight excluding hydrogens is 363 g/mol. The number of nitrogens with zero attached hydrogens (tertiary/aromatic N) is 2. The lowest BCUT2D eigenvalue weighted by Gasteiger charge is -2.02. The molecule has 2 aromatic carbocycles. The van der Waals surface area contributed by atoms with Gasteiger partial charge in [-0.25, -0.2) is 0 Å². The number of hydrogen-bond donors (Lipinski definition) is 0. The molecule has 4 heteroatoms. The van der Waals surface area contributed by atoms with Gasteiger partial charge in [0, 0.05) is 21.6 Å². The number of fused-ring (bicyclic) bond motifs is 1. The van der Waals surface area contributed by atoms with Gasteiger partial charge in [-0.05, 0) is 34.7 Å². The number of Topliss-reactive ketones (excluding diaryl/α,β-unsaturated/α-hetero) is 1. The van der Waals surface area contributed by atoms with E-state index < -0.39 is 0 Å². The Morgan fingerprint density at radius 3 is 2.65 bits per heavy atom. The fourth-order valence-electron chi connectivity index (χ4n) is 2.35. The Hall–Kier alpha value is -1.69. The lowest BCUT2D eigenvalue weighted by Crippen LogP contribution is -2.06. The van der Waals surface area contributed by atoms with Gasteiger partial charge in [0.2, 0.25) is 0 Å². The van der Waals surface area contributed by atoms with Crippen molar-refractivity contribution in [3.05, 3.63) is 63.4 Å². The number of ketones is 1. The van der Waals surface area contributed by atoms with Crippen LogP contribution < -0.4 is 0 Å². The molecule has 0 spiro atoms. The summed E-state index contributed by atoms with van der Waals surface area (Å²) in [5.74, 6) is 0.110. The second-order valence-electron chi connectivity index (χ2n) is 4.67. The van der Waals surface area contributed by atoms with Crippen LogP contribution in [0.25, 0.3) is 10.9 Å². The summed E-state index contributed by atoms with van der Waals surface area (Å²) >= 11 is 2.20. The molecule has 3 nitrogen and oxygen atoms in total. The fraction of sp³-hybridized carbons (Fsp3) is 0.125.